The molecule has 2 atom stereocenters. The van der Waals surface area contributed by atoms with Crippen LogP contribution in [-0.2, 0) is 0 Å². The van der Waals surface area contributed by atoms with Crippen LogP contribution in [0.5, 0.6) is 0 Å². The number of hydrogen-bond acceptors (Lipinski definition) is 3. The number of anilines is 1. The van der Waals surface area contributed by atoms with E-state index in [0.29, 0.717) is 12.0 Å². The Labute approximate surface area is 171 Å². The molecule has 1 aromatic heterocycles. The zero-order valence-corrected chi connectivity index (χ0v) is 16.9. The van der Waals surface area contributed by atoms with Crippen molar-refractivity contribution in [1.82, 2.24) is 14.9 Å². The second-order valence-corrected chi connectivity index (χ2v) is 8.54. The number of hydrogen-bond donors (Lipinski definition) is 1. The van der Waals surface area contributed by atoms with E-state index in [1.807, 2.05) is 12.1 Å². The van der Waals surface area contributed by atoms with Gasteiger partial charge in [-0.3, -0.25) is 4.90 Å². The molecule has 0 bridgehead atoms. The Morgan fingerprint density at radius 2 is 1.71 bits per heavy atom. The third-order valence-electron chi connectivity index (χ3n) is 6.46. The molecule has 4 nitrogen and oxygen atoms in total. The predicted molar refractivity (Wildman–Crippen MR) is 116 cm³/mol. The minimum Gasteiger partial charge on any atom is -0.368 e. The number of aromatic amines is 1. The number of nitrogens with zero attached hydrogens (tertiary/aromatic N) is 3. The van der Waals surface area contributed by atoms with E-state index in [-0.39, 0.29) is 0 Å². The third-order valence-corrected chi connectivity index (χ3v) is 6.78. The molecule has 5 heteroatoms. The van der Waals surface area contributed by atoms with Crippen LogP contribution >= 0.6 is 11.6 Å². The molecule has 1 saturated heterocycles. The van der Waals surface area contributed by atoms with E-state index in [1.165, 1.54) is 37.2 Å². The largest absolute Gasteiger partial charge is 0.368 e. The van der Waals surface area contributed by atoms with Crippen molar-refractivity contribution in [2.24, 2.45) is 0 Å². The average molecular weight is 395 g/mol. The number of fused-ring (bicyclic) bond motifs is 1. The van der Waals surface area contributed by atoms with Gasteiger partial charge in [0.15, 0.2) is 0 Å². The molecule has 2 aliphatic rings. The highest BCUT2D eigenvalue weighted by Crippen LogP contribution is 2.35. The van der Waals surface area contributed by atoms with Gasteiger partial charge < -0.3 is 9.88 Å². The molecule has 2 heterocycles. The lowest BCUT2D eigenvalue weighted by molar-refractivity contribution is 0.137. The summed E-state index contributed by atoms with van der Waals surface area (Å²) in [7, 11) is 0. The van der Waals surface area contributed by atoms with Crippen molar-refractivity contribution >= 4 is 28.3 Å². The highest BCUT2D eigenvalue weighted by molar-refractivity contribution is 6.33. The maximum Gasteiger partial charge on any atom is 0.110 e. The van der Waals surface area contributed by atoms with E-state index in [0.717, 1.165) is 42.2 Å². The first-order valence-corrected chi connectivity index (χ1v) is 10.8. The van der Waals surface area contributed by atoms with E-state index < -0.39 is 0 Å². The van der Waals surface area contributed by atoms with Gasteiger partial charge in [-0.05, 0) is 43.5 Å². The molecule has 2 fully saturated rings. The van der Waals surface area contributed by atoms with Crippen LogP contribution in [-0.4, -0.2) is 47.1 Å². The fraction of sp³-hybridized carbons (Fsp3) is 0.435. The number of piperazine rings is 1. The monoisotopic (exact) mass is 394 g/mol. The van der Waals surface area contributed by atoms with Gasteiger partial charge in [0.25, 0.3) is 0 Å². The first-order valence-electron chi connectivity index (χ1n) is 10.5. The quantitative estimate of drug-likeness (QED) is 0.673. The molecule has 2 aromatic carbocycles. The van der Waals surface area contributed by atoms with Gasteiger partial charge in [0, 0.05) is 38.1 Å². The molecule has 1 aliphatic heterocycles. The fourth-order valence-electron chi connectivity index (χ4n) is 4.95. The van der Waals surface area contributed by atoms with Crippen molar-refractivity contribution in [3.05, 3.63) is 59.4 Å². The van der Waals surface area contributed by atoms with Crippen LogP contribution in [0.3, 0.4) is 0 Å². The van der Waals surface area contributed by atoms with E-state index >= 15 is 0 Å². The molecule has 28 heavy (non-hydrogen) atoms. The smallest absolute Gasteiger partial charge is 0.110 e. The van der Waals surface area contributed by atoms with Crippen molar-refractivity contribution in [3.63, 3.8) is 0 Å². The Hall–Kier alpha value is -2.04. The maximum atomic E-state index is 6.40. The molecular formula is C23H27ClN4. The van der Waals surface area contributed by atoms with Crippen molar-refractivity contribution in [2.75, 3.05) is 31.1 Å². The molecule has 1 saturated carbocycles. The number of halogens is 1. The summed E-state index contributed by atoms with van der Waals surface area (Å²) >= 11 is 6.40. The number of H-pyrrole nitrogens is 1. The average Bonchev–Trinajstić information content (AvgIpc) is 3.19. The van der Waals surface area contributed by atoms with Gasteiger partial charge in [0.1, 0.15) is 5.82 Å². The summed E-state index contributed by atoms with van der Waals surface area (Å²) in [6.45, 7) is 4.33. The number of rotatable bonds is 3. The Balaban J connectivity index is 1.24. The second-order valence-electron chi connectivity index (χ2n) is 8.13. The third kappa shape index (κ3) is 3.51. The van der Waals surface area contributed by atoms with E-state index in [9.17, 15) is 0 Å². The molecule has 146 valence electrons. The summed E-state index contributed by atoms with van der Waals surface area (Å²) in [6.07, 6.45) is 5.06. The number of imidazole rings is 1. The first kappa shape index (κ1) is 18.0. The maximum absolute atomic E-state index is 6.40. The number of benzene rings is 2. The van der Waals surface area contributed by atoms with Crippen molar-refractivity contribution in [2.45, 2.75) is 37.6 Å². The number of nitrogens with one attached hydrogen (secondary N) is 1. The molecule has 5 rings (SSSR count). The molecule has 0 radical (unpaired) electrons. The Morgan fingerprint density at radius 1 is 0.929 bits per heavy atom. The summed E-state index contributed by atoms with van der Waals surface area (Å²) in [5, 5.41) is 0.860. The van der Waals surface area contributed by atoms with Crippen molar-refractivity contribution in [1.29, 1.82) is 0 Å². The fourth-order valence-corrected chi connectivity index (χ4v) is 5.20. The molecule has 2 unspecified atom stereocenters. The minimum atomic E-state index is 0.549. The van der Waals surface area contributed by atoms with Crippen LogP contribution in [0.1, 0.15) is 37.4 Å². The van der Waals surface area contributed by atoms with Crippen LogP contribution in [0.15, 0.2) is 48.5 Å². The lowest BCUT2D eigenvalue weighted by Gasteiger charge is -2.43. The zero-order valence-electron chi connectivity index (χ0n) is 16.1. The van der Waals surface area contributed by atoms with Gasteiger partial charge in [-0.2, -0.15) is 0 Å². The zero-order chi connectivity index (χ0) is 18.9. The van der Waals surface area contributed by atoms with Gasteiger partial charge >= 0.3 is 0 Å². The van der Waals surface area contributed by atoms with Crippen LogP contribution in [0.4, 0.5) is 5.69 Å². The molecule has 1 aliphatic carbocycles. The summed E-state index contributed by atoms with van der Waals surface area (Å²) in [5.41, 5.74) is 3.42. The topological polar surface area (TPSA) is 35.2 Å². The van der Waals surface area contributed by atoms with Gasteiger partial charge in [-0.1, -0.05) is 42.3 Å². The number of aromatic nitrogens is 2. The highest BCUT2D eigenvalue weighted by atomic mass is 35.5. The van der Waals surface area contributed by atoms with Crippen LogP contribution in [0.2, 0.25) is 5.02 Å². The lowest BCUT2D eigenvalue weighted by atomic mass is 9.84. The first-order chi connectivity index (χ1) is 13.8. The summed E-state index contributed by atoms with van der Waals surface area (Å²) < 4.78 is 0. The van der Waals surface area contributed by atoms with Crippen molar-refractivity contribution in [3.8, 4) is 0 Å². The molecule has 3 aromatic rings. The predicted octanol–water partition coefficient (Wildman–Crippen LogP) is 5.06. The van der Waals surface area contributed by atoms with E-state index in [2.05, 4.69) is 51.2 Å². The number of para-hydroxylation sites is 3. The second kappa shape index (κ2) is 7.76. The van der Waals surface area contributed by atoms with Gasteiger partial charge in [0.2, 0.25) is 0 Å². The highest BCUT2D eigenvalue weighted by Gasteiger charge is 2.31. The summed E-state index contributed by atoms with van der Waals surface area (Å²) in [6, 6.07) is 17.2. The van der Waals surface area contributed by atoms with Crippen LogP contribution in [0, 0.1) is 0 Å². The minimum absolute atomic E-state index is 0.549. The molecule has 0 spiro atoms. The molecule has 0 amide bonds. The lowest BCUT2D eigenvalue weighted by Crippen LogP contribution is -2.51. The van der Waals surface area contributed by atoms with Gasteiger partial charge in [-0.15, -0.1) is 0 Å². The Kier molecular flexibility index (Phi) is 5.00. The normalized spacial score (nSPS) is 24.0. The Bertz CT molecular complexity index is 911. The van der Waals surface area contributed by atoms with E-state index in [1.54, 1.807) is 0 Å². The summed E-state index contributed by atoms with van der Waals surface area (Å²) in [5.74, 6) is 1.73. The Morgan fingerprint density at radius 3 is 2.54 bits per heavy atom. The summed E-state index contributed by atoms with van der Waals surface area (Å²) in [4.78, 5) is 13.6. The molecule has 1 N–H and O–H groups in total. The van der Waals surface area contributed by atoms with E-state index in [4.69, 9.17) is 16.6 Å². The van der Waals surface area contributed by atoms with Gasteiger partial charge in [-0.25, -0.2) is 4.98 Å². The standard InChI is InChI=1S/C23H27ClN4/c24-19-8-1-4-11-22(19)28-14-12-27(13-15-28)18-7-5-6-17(16-18)23-25-20-9-2-3-10-21(20)26-23/h1-4,8-11,17-18H,5-7,12-16H2,(H,25,26). The van der Waals surface area contributed by atoms with Crippen LogP contribution < -0.4 is 4.90 Å². The van der Waals surface area contributed by atoms with Gasteiger partial charge in [0.05, 0.1) is 21.7 Å². The van der Waals surface area contributed by atoms with Crippen molar-refractivity contribution < 1.29 is 0 Å². The molecular weight excluding hydrogens is 368 g/mol. The van der Waals surface area contributed by atoms with Crippen LogP contribution in [0.25, 0.3) is 11.0 Å². The SMILES string of the molecule is Clc1ccccc1N1CCN(C2CCCC(c3nc4ccccc4[nH]3)C2)CC1.